The Balaban J connectivity index is 2.50. The smallest absolute Gasteiger partial charge is 0.269 e. The zero-order valence-electron chi connectivity index (χ0n) is 8.11. The van der Waals surface area contributed by atoms with E-state index in [0.717, 1.165) is 11.0 Å². The molecule has 0 radical (unpaired) electrons. The number of hydrogen-bond donors (Lipinski definition) is 1. The molecule has 2 aromatic heterocycles. The molecule has 1 N–H and O–H groups in total. The third kappa shape index (κ3) is 1.35. The van der Waals surface area contributed by atoms with Crippen LogP contribution in [0, 0.1) is 0 Å². The van der Waals surface area contributed by atoms with Crippen molar-refractivity contribution in [2.75, 3.05) is 14.1 Å². The number of aromatic nitrogens is 2. The predicted octanol–water partition coefficient (Wildman–Crippen LogP) is 1.26. The van der Waals surface area contributed by atoms with Crippen molar-refractivity contribution in [2.24, 2.45) is 0 Å². The highest BCUT2D eigenvalue weighted by atomic mass is 16.2. The molecule has 0 atom stereocenters. The Kier molecular flexibility index (Phi) is 1.96. The fourth-order valence-electron chi connectivity index (χ4n) is 1.31. The Morgan fingerprint density at radius 1 is 1.50 bits per heavy atom. The monoisotopic (exact) mass is 189 g/mol. The van der Waals surface area contributed by atoms with Crippen LogP contribution in [0.2, 0.25) is 0 Å². The summed E-state index contributed by atoms with van der Waals surface area (Å²) in [4.78, 5) is 20.3. The van der Waals surface area contributed by atoms with Gasteiger partial charge >= 0.3 is 0 Å². The zero-order valence-corrected chi connectivity index (χ0v) is 8.11. The van der Waals surface area contributed by atoms with Crippen molar-refractivity contribution in [3.05, 3.63) is 30.1 Å². The number of carbonyl (C=O) groups is 1. The van der Waals surface area contributed by atoms with Crippen LogP contribution in [-0.2, 0) is 0 Å². The summed E-state index contributed by atoms with van der Waals surface area (Å²) in [7, 11) is 3.45. The van der Waals surface area contributed by atoms with Crippen molar-refractivity contribution in [3.8, 4) is 0 Å². The number of hydrogen-bond acceptors (Lipinski definition) is 2. The predicted molar refractivity (Wildman–Crippen MR) is 54.1 cm³/mol. The van der Waals surface area contributed by atoms with Gasteiger partial charge in [0, 0.05) is 20.3 Å². The average Bonchev–Trinajstić information content (AvgIpc) is 2.59. The van der Waals surface area contributed by atoms with Crippen LogP contribution < -0.4 is 0 Å². The van der Waals surface area contributed by atoms with Crippen molar-refractivity contribution in [3.63, 3.8) is 0 Å². The number of pyridine rings is 1. The van der Waals surface area contributed by atoms with Gasteiger partial charge in [0.1, 0.15) is 5.69 Å². The third-order valence-electron chi connectivity index (χ3n) is 2.03. The summed E-state index contributed by atoms with van der Waals surface area (Å²) in [6.45, 7) is 0. The summed E-state index contributed by atoms with van der Waals surface area (Å²) in [5.74, 6) is -0.0389. The van der Waals surface area contributed by atoms with Crippen LogP contribution in [0.25, 0.3) is 11.0 Å². The summed E-state index contributed by atoms with van der Waals surface area (Å²) in [6, 6.07) is 5.50. The summed E-state index contributed by atoms with van der Waals surface area (Å²) < 4.78 is 0. The van der Waals surface area contributed by atoms with Gasteiger partial charge in [-0.05, 0) is 18.2 Å². The second-order valence-corrected chi connectivity index (χ2v) is 3.32. The Morgan fingerprint density at radius 2 is 2.29 bits per heavy atom. The second-order valence-electron chi connectivity index (χ2n) is 3.32. The second kappa shape index (κ2) is 3.14. The van der Waals surface area contributed by atoms with Crippen LogP contribution in [0.4, 0.5) is 0 Å². The molecule has 0 aliphatic heterocycles. The molecule has 1 amide bonds. The largest absolute Gasteiger partial charge is 0.349 e. The van der Waals surface area contributed by atoms with E-state index < -0.39 is 0 Å². The highest BCUT2D eigenvalue weighted by molar-refractivity contribution is 5.96. The lowest BCUT2D eigenvalue weighted by Crippen LogP contribution is -2.21. The minimum atomic E-state index is -0.0389. The van der Waals surface area contributed by atoms with E-state index in [0.29, 0.717) is 5.69 Å². The maximum absolute atomic E-state index is 11.6. The minimum Gasteiger partial charge on any atom is -0.349 e. The number of nitrogens with one attached hydrogen (secondary N) is 1. The van der Waals surface area contributed by atoms with Crippen molar-refractivity contribution < 1.29 is 4.79 Å². The van der Waals surface area contributed by atoms with Gasteiger partial charge in [0.15, 0.2) is 0 Å². The van der Waals surface area contributed by atoms with E-state index in [-0.39, 0.29) is 5.91 Å². The summed E-state index contributed by atoms with van der Waals surface area (Å²) in [6.07, 6.45) is 1.71. The van der Waals surface area contributed by atoms with Gasteiger partial charge in [0.25, 0.3) is 5.91 Å². The molecule has 0 fully saturated rings. The Bertz CT molecular complexity index is 440. The number of amides is 1. The summed E-state index contributed by atoms with van der Waals surface area (Å²) in [5.41, 5.74) is 2.28. The van der Waals surface area contributed by atoms with Gasteiger partial charge in [0.05, 0.1) is 11.0 Å². The van der Waals surface area contributed by atoms with Gasteiger partial charge in [-0.3, -0.25) is 9.78 Å². The van der Waals surface area contributed by atoms with Gasteiger partial charge < -0.3 is 9.88 Å². The molecule has 2 aromatic rings. The molecule has 0 bridgehead atoms. The first-order chi connectivity index (χ1) is 6.68. The van der Waals surface area contributed by atoms with E-state index in [1.165, 1.54) is 4.90 Å². The first-order valence-corrected chi connectivity index (χ1v) is 4.34. The van der Waals surface area contributed by atoms with Crippen LogP contribution >= 0.6 is 0 Å². The minimum absolute atomic E-state index is 0.0389. The standard InChI is InChI=1S/C10H11N3O/c1-13(2)10(14)9-6-8-7(12-9)4-3-5-11-8/h3-6,12H,1-2H3. The molecule has 0 unspecified atom stereocenters. The van der Waals surface area contributed by atoms with Gasteiger partial charge in [-0.1, -0.05) is 0 Å². The fourth-order valence-corrected chi connectivity index (χ4v) is 1.31. The Labute approximate surface area is 81.6 Å². The summed E-state index contributed by atoms with van der Waals surface area (Å²) in [5, 5.41) is 0. The maximum atomic E-state index is 11.6. The van der Waals surface area contributed by atoms with Crippen molar-refractivity contribution >= 4 is 16.9 Å². The lowest BCUT2D eigenvalue weighted by Gasteiger charge is -2.07. The fraction of sp³-hybridized carbons (Fsp3) is 0.200. The molecular weight excluding hydrogens is 178 g/mol. The normalized spacial score (nSPS) is 10.4. The number of H-pyrrole nitrogens is 1. The van der Waals surface area contributed by atoms with Gasteiger partial charge in [0.2, 0.25) is 0 Å². The SMILES string of the molecule is CN(C)C(=O)c1cc2ncccc2[nH]1. The van der Waals surface area contributed by atoms with Crippen molar-refractivity contribution in [2.45, 2.75) is 0 Å². The van der Waals surface area contributed by atoms with Gasteiger partial charge in [-0.25, -0.2) is 0 Å². The maximum Gasteiger partial charge on any atom is 0.269 e. The first-order valence-electron chi connectivity index (χ1n) is 4.34. The van der Waals surface area contributed by atoms with Crippen molar-refractivity contribution in [1.29, 1.82) is 0 Å². The molecule has 2 rings (SSSR count). The van der Waals surface area contributed by atoms with E-state index in [9.17, 15) is 4.79 Å². The van der Waals surface area contributed by atoms with E-state index in [4.69, 9.17) is 0 Å². The lowest BCUT2D eigenvalue weighted by molar-refractivity contribution is 0.0823. The van der Waals surface area contributed by atoms with E-state index in [2.05, 4.69) is 9.97 Å². The van der Waals surface area contributed by atoms with Gasteiger partial charge in [-0.2, -0.15) is 0 Å². The highest BCUT2D eigenvalue weighted by Gasteiger charge is 2.10. The Morgan fingerprint density at radius 3 is 2.93 bits per heavy atom. The van der Waals surface area contributed by atoms with Crippen molar-refractivity contribution in [1.82, 2.24) is 14.9 Å². The van der Waals surface area contributed by atoms with E-state index in [1.807, 2.05) is 12.1 Å². The average molecular weight is 189 g/mol. The molecule has 0 saturated carbocycles. The van der Waals surface area contributed by atoms with Crippen LogP contribution in [0.15, 0.2) is 24.4 Å². The third-order valence-corrected chi connectivity index (χ3v) is 2.03. The first kappa shape index (κ1) is 8.74. The molecule has 4 heteroatoms. The molecule has 0 aromatic carbocycles. The number of aromatic amines is 1. The van der Waals surface area contributed by atoms with Gasteiger partial charge in [-0.15, -0.1) is 0 Å². The van der Waals surface area contributed by atoms with Crippen LogP contribution in [0.5, 0.6) is 0 Å². The van der Waals surface area contributed by atoms with Crippen LogP contribution in [-0.4, -0.2) is 34.9 Å². The van der Waals surface area contributed by atoms with E-state index >= 15 is 0 Å². The number of nitrogens with zero attached hydrogens (tertiary/aromatic N) is 2. The molecule has 0 saturated heterocycles. The van der Waals surface area contributed by atoms with E-state index in [1.54, 1.807) is 26.4 Å². The lowest BCUT2D eigenvalue weighted by atomic mass is 10.3. The molecule has 14 heavy (non-hydrogen) atoms. The number of fused-ring (bicyclic) bond motifs is 1. The quantitative estimate of drug-likeness (QED) is 0.734. The molecule has 4 nitrogen and oxygen atoms in total. The molecular formula is C10H11N3O. The molecule has 72 valence electrons. The van der Waals surface area contributed by atoms with Crippen LogP contribution in [0.1, 0.15) is 10.5 Å². The Hall–Kier alpha value is -1.84. The molecule has 0 aliphatic carbocycles. The molecule has 0 spiro atoms. The zero-order chi connectivity index (χ0) is 10.1. The number of rotatable bonds is 1. The summed E-state index contributed by atoms with van der Waals surface area (Å²) >= 11 is 0. The molecule has 0 aliphatic rings. The molecule has 2 heterocycles. The van der Waals surface area contributed by atoms with Crippen LogP contribution in [0.3, 0.4) is 0 Å². The highest BCUT2D eigenvalue weighted by Crippen LogP contribution is 2.12. The topological polar surface area (TPSA) is 49.0 Å². The number of carbonyl (C=O) groups excluding carboxylic acids is 1.